The minimum Gasteiger partial charge on any atom is -0.377 e. The van der Waals surface area contributed by atoms with E-state index in [1.165, 1.54) is 12.8 Å². The Bertz CT molecular complexity index is 163. The Morgan fingerprint density at radius 1 is 1.43 bits per heavy atom. The molecular formula is C11H24N2O. The molecule has 0 spiro atoms. The first-order valence-corrected chi connectivity index (χ1v) is 5.55. The van der Waals surface area contributed by atoms with Crippen molar-refractivity contribution >= 4 is 0 Å². The molecule has 0 saturated carbocycles. The summed E-state index contributed by atoms with van der Waals surface area (Å²) in [5, 5.41) is 3.59. The van der Waals surface area contributed by atoms with Crippen molar-refractivity contribution in [1.29, 1.82) is 0 Å². The lowest BCUT2D eigenvalue weighted by molar-refractivity contribution is 0.0250. The zero-order valence-electron chi connectivity index (χ0n) is 9.97. The standard InChI is InChI=1S/C11H24N2O/c1-10(2)14-9-11(8-13(3)4)6-5-7-12-11/h10,12H,5-9H2,1-4H3. The normalized spacial score (nSPS) is 27.9. The van der Waals surface area contributed by atoms with Crippen LogP contribution in [0.5, 0.6) is 0 Å². The van der Waals surface area contributed by atoms with Gasteiger partial charge in [0.15, 0.2) is 0 Å². The summed E-state index contributed by atoms with van der Waals surface area (Å²) in [6.45, 7) is 7.23. The number of likely N-dealkylation sites (N-methyl/N-ethyl adjacent to an activating group) is 1. The zero-order valence-corrected chi connectivity index (χ0v) is 9.97. The van der Waals surface area contributed by atoms with Crippen LogP contribution in [0.3, 0.4) is 0 Å². The summed E-state index contributed by atoms with van der Waals surface area (Å²) in [5.41, 5.74) is 0.202. The maximum absolute atomic E-state index is 5.74. The van der Waals surface area contributed by atoms with Crippen LogP contribution in [0.4, 0.5) is 0 Å². The number of nitrogens with one attached hydrogen (secondary N) is 1. The van der Waals surface area contributed by atoms with Crippen LogP contribution < -0.4 is 5.32 Å². The average Bonchev–Trinajstić information content (AvgIpc) is 2.49. The van der Waals surface area contributed by atoms with Crippen LogP contribution in [0.15, 0.2) is 0 Å². The van der Waals surface area contributed by atoms with E-state index in [0.29, 0.717) is 6.10 Å². The molecule has 1 aliphatic heterocycles. The maximum atomic E-state index is 5.74. The number of nitrogens with zero attached hydrogens (tertiary/aromatic N) is 1. The summed E-state index contributed by atoms with van der Waals surface area (Å²) in [4.78, 5) is 2.24. The van der Waals surface area contributed by atoms with Crippen LogP contribution in [0, 0.1) is 0 Å². The first-order valence-electron chi connectivity index (χ1n) is 5.55. The predicted molar refractivity (Wildman–Crippen MR) is 59.6 cm³/mol. The lowest BCUT2D eigenvalue weighted by atomic mass is 9.98. The van der Waals surface area contributed by atoms with E-state index in [1.54, 1.807) is 0 Å². The monoisotopic (exact) mass is 200 g/mol. The van der Waals surface area contributed by atoms with Gasteiger partial charge in [-0.1, -0.05) is 0 Å². The van der Waals surface area contributed by atoms with Gasteiger partial charge in [0.2, 0.25) is 0 Å². The van der Waals surface area contributed by atoms with Crippen molar-refractivity contribution in [2.45, 2.75) is 38.3 Å². The van der Waals surface area contributed by atoms with Crippen LogP contribution in [-0.2, 0) is 4.74 Å². The van der Waals surface area contributed by atoms with Gasteiger partial charge in [-0.3, -0.25) is 0 Å². The minimum atomic E-state index is 0.202. The molecule has 3 heteroatoms. The molecule has 3 nitrogen and oxygen atoms in total. The highest BCUT2D eigenvalue weighted by molar-refractivity contribution is 4.94. The molecule has 1 unspecified atom stereocenters. The molecule has 1 aliphatic rings. The van der Waals surface area contributed by atoms with Crippen molar-refractivity contribution in [3.8, 4) is 0 Å². The summed E-state index contributed by atoms with van der Waals surface area (Å²) in [7, 11) is 4.24. The van der Waals surface area contributed by atoms with Crippen molar-refractivity contribution < 1.29 is 4.74 Å². The molecule has 0 aromatic heterocycles. The quantitative estimate of drug-likeness (QED) is 0.719. The van der Waals surface area contributed by atoms with Gasteiger partial charge in [-0.05, 0) is 47.3 Å². The van der Waals surface area contributed by atoms with Crippen LogP contribution in [0.2, 0.25) is 0 Å². The minimum absolute atomic E-state index is 0.202. The third-order valence-corrected chi connectivity index (χ3v) is 2.64. The van der Waals surface area contributed by atoms with Gasteiger partial charge in [0.05, 0.1) is 18.2 Å². The van der Waals surface area contributed by atoms with Gasteiger partial charge in [0, 0.05) is 6.54 Å². The highest BCUT2D eigenvalue weighted by Crippen LogP contribution is 2.21. The van der Waals surface area contributed by atoms with E-state index in [-0.39, 0.29) is 5.54 Å². The second-order valence-corrected chi connectivity index (χ2v) is 4.91. The average molecular weight is 200 g/mol. The second kappa shape index (κ2) is 5.10. The molecule has 0 radical (unpaired) electrons. The number of ether oxygens (including phenoxy) is 1. The lowest BCUT2D eigenvalue weighted by Gasteiger charge is -2.33. The van der Waals surface area contributed by atoms with E-state index < -0.39 is 0 Å². The molecule has 1 saturated heterocycles. The predicted octanol–water partition coefficient (Wildman–Crippen LogP) is 1.10. The summed E-state index contributed by atoms with van der Waals surface area (Å²) in [6.07, 6.45) is 2.84. The number of rotatable bonds is 5. The molecule has 0 bridgehead atoms. The summed E-state index contributed by atoms with van der Waals surface area (Å²) in [5.74, 6) is 0. The molecule has 1 fully saturated rings. The Morgan fingerprint density at radius 3 is 2.57 bits per heavy atom. The Morgan fingerprint density at radius 2 is 2.14 bits per heavy atom. The summed E-state index contributed by atoms with van der Waals surface area (Å²) in [6, 6.07) is 0. The van der Waals surface area contributed by atoms with E-state index in [9.17, 15) is 0 Å². The van der Waals surface area contributed by atoms with Crippen molar-refractivity contribution in [2.75, 3.05) is 33.8 Å². The van der Waals surface area contributed by atoms with Gasteiger partial charge in [0.25, 0.3) is 0 Å². The van der Waals surface area contributed by atoms with Crippen LogP contribution in [-0.4, -0.2) is 50.3 Å². The van der Waals surface area contributed by atoms with Crippen LogP contribution in [0.25, 0.3) is 0 Å². The highest BCUT2D eigenvalue weighted by Gasteiger charge is 2.34. The Labute approximate surface area is 87.8 Å². The third-order valence-electron chi connectivity index (χ3n) is 2.64. The second-order valence-electron chi connectivity index (χ2n) is 4.91. The first-order chi connectivity index (χ1) is 6.54. The Balaban J connectivity index is 2.44. The van der Waals surface area contributed by atoms with Crippen molar-refractivity contribution in [1.82, 2.24) is 10.2 Å². The lowest BCUT2D eigenvalue weighted by Crippen LogP contribution is -2.52. The third kappa shape index (κ3) is 3.56. The fourth-order valence-electron chi connectivity index (χ4n) is 2.10. The molecule has 1 N–H and O–H groups in total. The van der Waals surface area contributed by atoms with Gasteiger partial charge in [-0.15, -0.1) is 0 Å². The summed E-state index contributed by atoms with van der Waals surface area (Å²) < 4.78 is 5.74. The molecule has 84 valence electrons. The van der Waals surface area contributed by atoms with Crippen LogP contribution >= 0.6 is 0 Å². The largest absolute Gasteiger partial charge is 0.377 e. The maximum Gasteiger partial charge on any atom is 0.0664 e. The van der Waals surface area contributed by atoms with Gasteiger partial charge < -0.3 is 15.0 Å². The van der Waals surface area contributed by atoms with E-state index in [0.717, 1.165) is 19.7 Å². The van der Waals surface area contributed by atoms with Gasteiger partial charge in [0.1, 0.15) is 0 Å². The summed E-state index contributed by atoms with van der Waals surface area (Å²) >= 11 is 0. The van der Waals surface area contributed by atoms with Crippen molar-refractivity contribution in [2.24, 2.45) is 0 Å². The SMILES string of the molecule is CC(C)OCC1(CN(C)C)CCCN1. The van der Waals surface area contributed by atoms with E-state index in [2.05, 4.69) is 38.2 Å². The fraction of sp³-hybridized carbons (Fsp3) is 1.00. The number of hydrogen-bond acceptors (Lipinski definition) is 3. The zero-order chi connectivity index (χ0) is 10.6. The van der Waals surface area contributed by atoms with Crippen LogP contribution in [0.1, 0.15) is 26.7 Å². The molecule has 0 aromatic rings. The molecule has 0 aromatic carbocycles. The van der Waals surface area contributed by atoms with E-state index in [4.69, 9.17) is 4.74 Å². The molecule has 0 amide bonds. The first kappa shape index (κ1) is 12.0. The van der Waals surface area contributed by atoms with E-state index >= 15 is 0 Å². The molecule has 14 heavy (non-hydrogen) atoms. The van der Waals surface area contributed by atoms with E-state index in [1.807, 2.05) is 0 Å². The van der Waals surface area contributed by atoms with Gasteiger partial charge in [-0.2, -0.15) is 0 Å². The Hall–Kier alpha value is -0.120. The molecule has 1 rings (SSSR count). The topological polar surface area (TPSA) is 24.5 Å². The van der Waals surface area contributed by atoms with Gasteiger partial charge in [-0.25, -0.2) is 0 Å². The van der Waals surface area contributed by atoms with Gasteiger partial charge >= 0.3 is 0 Å². The Kier molecular flexibility index (Phi) is 4.35. The van der Waals surface area contributed by atoms with Crippen molar-refractivity contribution in [3.05, 3.63) is 0 Å². The fourth-order valence-corrected chi connectivity index (χ4v) is 2.10. The number of hydrogen-bond donors (Lipinski definition) is 1. The smallest absolute Gasteiger partial charge is 0.0664 e. The molecule has 1 heterocycles. The van der Waals surface area contributed by atoms with Crippen molar-refractivity contribution in [3.63, 3.8) is 0 Å². The molecule has 0 aliphatic carbocycles. The molecular weight excluding hydrogens is 176 g/mol. The highest BCUT2D eigenvalue weighted by atomic mass is 16.5. The molecule has 1 atom stereocenters.